The molecule has 1 fully saturated rings. The van der Waals surface area contributed by atoms with Crippen LogP contribution in [0.3, 0.4) is 0 Å². The average molecular weight is 188 g/mol. The van der Waals surface area contributed by atoms with Crippen LogP contribution < -0.4 is 0 Å². The molecule has 0 heterocycles. The van der Waals surface area contributed by atoms with E-state index < -0.39 is 0 Å². The van der Waals surface area contributed by atoms with Crippen molar-refractivity contribution in [2.75, 3.05) is 0 Å². The molecule has 0 atom stereocenters. The molecule has 0 unspecified atom stereocenters. The average Bonchev–Trinajstić information content (AvgIpc) is 2.84. The molecule has 1 saturated carbocycles. The first kappa shape index (κ1) is 9.76. The summed E-state index contributed by atoms with van der Waals surface area (Å²) >= 11 is 0. The summed E-state index contributed by atoms with van der Waals surface area (Å²) in [5.74, 6) is 0.781. The molecular weight excluding hydrogens is 168 g/mol. The summed E-state index contributed by atoms with van der Waals surface area (Å²) in [7, 11) is 0. The molecule has 76 valence electrons. The van der Waals surface area contributed by atoms with Gasteiger partial charge >= 0.3 is 0 Å². The maximum absolute atomic E-state index is 2.35. The van der Waals surface area contributed by atoms with Gasteiger partial charge < -0.3 is 0 Å². The summed E-state index contributed by atoms with van der Waals surface area (Å²) in [6.45, 7) is 9.13. The lowest BCUT2D eigenvalue weighted by molar-refractivity contribution is 0.479. The van der Waals surface area contributed by atoms with Crippen LogP contribution in [-0.4, -0.2) is 0 Å². The molecule has 0 heteroatoms. The van der Waals surface area contributed by atoms with Crippen LogP contribution in [0.25, 0.3) is 0 Å². The Kier molecular flexibility index (Phi) is 2.17. The minimum atomic E-state index is 0.526. The van der Waals surface area contributed by atoms with Crippen molar-refractivity contribution in [3.8, 4) is 0 Å². The fraction of sp³-hybridized carbons (Fsp3) is 0.571. The van der Waals surface area contributed by atoms with E-state index in [2.05, 4.69) is 45.9 Å². The van der Waals surface area contributed by atoms with Gasteiger partial charge in [-0.05, 0) is 49.1 Å². The maximum Gasteiger partial charge on any atom is -0.00207 e. The lowest BCUT2D eigenvalue weighted by atomic mass is 9.82. The molecule has 0 radical (unpaired) electrons. The van der Waals surface area contributed by atoms with Crippen LogP contribution in [0, 0.1) is 19.8 Å². The van der Waals surface area contributed by atoms with E-state index in [9.17, 15) is 0 Å². The molecule has 0 aromatic heterocycles. The van der Waals surface area contributed by atoms with Crippen LogP contribution in [0.5, 0.6) is 0 Å². The first-order valence-electron chi connectivity index (χ1n) is 5.64. The van der Waals surface area contributed by atoms with Gasteiger partial charge in [-0.1, -0.05) is 37.6 Å². The molecule has 2 rings (SSSR count). The Hall–Kier alpha value is -0.780. The summed E-state index contributed by atoms with van der Waals surface area (Å²) in [6.07, 6.45) is 2.77. The Labute approximate surface area is 87.3 Å². The lowest BCUT2D eigenvalue weighted by Gasteiger charge is -2.22. The van der Waals surface area contributed by atoms with Crippen LogP contribution >= 0.6 is 0 Å². The topological polar surface area (TPSA) is 0 Å². The van der Waals surface area contributed by atoms with Gasteiger partial charge in [0, 0.05) is 0 Å². The first-order chi connectivity index (χ1) is 6.56. The van der Waals surface area contributed by atoms with Gasteiger partial charge in [0.2, 0.25) is 0 Å². The van der Waals surface area contributed by atoms with Gasteiger partial charge in [0.25, 0.3) is 0 Å². The fourth-order valence-electron chi connectivity index (χ4n) is 2.66. The first-order valence-corrected chi connectivity index (χ1v) is 5.64. The predicted octanol–water partition coefficient (Wildman–Crippen LogP) is 3.99. The minimum absolute atomic E-state index is 0.526. The van der Waals surface area contributed by atoms with E-state index >= 15 is 0 Å². The lowest BCUT2D eigenvalue weighted by Crippen LogP contribution is -2.16. The number of rotatable bonds is 2. The molecule has 1 aliphatic rings. The van der Waals surface area contributed by atoms with E-state index in [1.165, 1.54) is 24.0 Å². The highest BCUT2D eigenvalue weighted by molar-refractivity contribution is 5.40. The molecule has 14 heavy (non-hydrogen) atoms. The Morgan fingerprint density at radius 3 is 2.21 bits per heavy atom. The van der Waals surface area contributed by atoms with E-state index in [0.29, 0.717) is 5.41 Å². The second-order valence-electron chi connectivity index (χ2n) is 5.13. The highest BCUT2D eigenvalue weighted by Gasteiger charge is 2.47. The second-order valence-corrected chi connectivity index (χ2v) is 5.13. The highest BCUT2D eigenvalue weighted by atomic mass is 14.5. The van der Waals surface area contributed by atoms with Crippen molar-refractivity contribution in [3.05, 3.63) is 34.9 Å². The van der Waals surface area contributed by atoms with E-state index in [4.69, 9.17) is 0 Å². The summed E-state index contributed by atoms with van der Waals surface area (Å²) < 4.78 is 0. The van der Waals surface area contributed by atoms with Crippen molar-refractivity contribution in [1.29, 1.82) is 0 Å². The summed E-state index contributed by atoms with van der Waals surface area (Å²) in [5.41, 5.74) is 4.98. The highest BCUT2D eigenvalue weighted by Crippen LogP contribution is 2.54. The molecule has 0 spiro atoms. The molecule has 0 saturated heterocycles. The van der Waals surface area contributed by atoms with Crippen molar-refractivity contribution in [3.63, 3.8) is 0 Å². The van der Waals surface area contributed by atoms with E-state index in [1.54, 1.807) is 5.56 Å². The monoisotopic (exact) mass is 188 g/mol. The number of aryl methyl sites for hydroxylation is 2. The zero-order valence-electron chi connectivity index (χ0n) is 9.72. The number of hydrogen-bond donors (Lipinski definition) is 0. The maximum atomic E-state index is 2.35. The minimum Gasteiger partial charge on any atom is -0.0619 e. The summed E-state index contributed by atoms with van der Waals surface area (Å²) in [5, 5.41) is 0. The van der Waals surface area contributed by atoms with Gasteiger partial charge in [-0.3, -0.25) is 0 Å². The summed E-state index contributed by atoms with van der Waals surface area (Å²) in [6, 6.07) is 6.92. The second kappa shape index (κ2) is 3.12. The smallest absolute Gasteiger partial charge is 0.00207 e. The Morgan fingerprint density at radius 1 is 1.14 bits per heavy atom. The van der Waals surface area contributed by atoms with Crippen LogP contribution in [-0.2, 0) is 5.41 Å². The fourth-order valence-corrected chi connectivity index (χ4v) is 2.66. The molecule has 1 aliphatic carbocycles. The third kappa shape index (κ3) is 1.37. The third-order valence-corrected chi connectivity index (χ3v) is 3.81. The van der Waals surface area contributed by atoms with Crippen molar-refractivity contribution in [2.24, 2.45) is 5.92 Å². The van der Waals surface area contributed by atoms with E-state index in [1.807, 2.05) is 0 Å². The zero-order valence-corrected chi connectivity index (χ0v) is 9.72. The van der Waals surface area contributed by atoms with E-state index in [-0.39, 0.29) is 0 Å². The van der Waals surface area contributed by atoms with Gasteiger partial charge in [-0.25, -0.2) is 0 Å². The van der Waals surface area contributed by atoms with Crippen LogP contribution in [0.15, 0.2) is 18.2 Å². The Balaban J connectivity index is 2.42. The van der Waals surface area contributed by atoms with Gasteiger partial charge in [0.1, 0.15) is 0 Å². The normalized spacial score (nSPS) is 18.6. The van der Waals surface area contributed by atoms with Crippen LogP contribution in [0.1, 0.15) is 43.4 Å². The van der Waals surface area contributed by atoms with Gasteiger partial charge in [-0.15, -0.1) is 0 Å². The van der Waals surface area contributed by atoms with Gasteiger partial charge in [0.15, 0.2) is 0 Å². The summed E-state index contributed by atoms with van der Waals surface area (Å²) in [4.78, 5) is 0. The van der Waals surface area contributed by atoms with Crippen molar-refractivity contribution < 1.29 is 0 Å². The Morgan fingerprint density at radius 2 is 1.79 bits per heavy atom. The van der Waals surface area contributed by atoms with Crippen molar-refractivity contribution in [2.45, 2.75) is 46.0 Å². The molecule has 1 aromatic rings. The largest absolute Gasteiger partial charge is 0.0619 e. The predicted molar refractivity (Wildman–Crippen MR) is 61.7 cm³/mol. The van der Waals surface area contributed by atoms with Gasteiger partial charge in [0.05, 0.1) is 0 Å². The molecular formula is C14H20. The van der Waals surface area contributed by atoms with Crippen LogP contribution in [0.2, 0.25) is 0 Å². The molecule has 1 aromatic carbocycles. The molecule has 0 bridgehead atoms. The zero-order chi connectivity index (χ0) is 10.3. The SMILES string of the molecule is Cc1ccc(C2(C(C)C)CC2)c(C)c1. The quantitative estimate of drug-likeness (QED) is 0.658. The molecule has 0 amide bonds. The van der Waals surface area contributed by atoms with Gasteiger partial charge in [-0.2, -0.15) is 0 Å². The standard InChI is InChI=1S/C14H20/c1-10(2)14(7-8-14)13-6-5-11(3)9-12(13)4/h5-6,9-10H,7-8H2,1-4H3. The van der Waals surface area contributed by atoms with Crippen molar-refractivity contribution in [1.82, 2.24) is 0 Å². The number of benzene rings is 1. The molecule has 0 aliphatic heterocycles. The molecule has 0 N–H and O–H groups in total. The number of hydrogen-bond acceptors (Lipinski definition) is 0. The van der Waals surface area contributed by atoms with Crippen LogP contribution in [0.4, 0.5) is 0 Å². The van der Waals surface area contributed by atoms with E-state index in [0.717, 1.165) is 5.92 Å². The molecule has 0 nitrogen and oxygen atoms in total. The van der Waals surface area contributed by atoms with Crippen molar-refractivity contribution >= 4 is 0 Å². The Bertz CT molecular complexity index is 343. The third-order valence-electron chi connectivity index (χ3n) is 3.81.